The molecule has 2 aromatic carbocycles. The van der Waals surface area contributed by atoms with Gasteiger partial charge in [-0.05, 0) is 48.5 Å². The Labute approximate surface area is 158 Å². The van der Waals surface area contributed by atoms with Crippen LogP contribution in [0.2, 0.25) is 0 Å². The van der Waals surface area contributed by atoms with E-state index < -0.39 is 17.6 Å². The second kappa shape index (κ2) is 8.07. The van der Waals surface area contributed by atoms with Crippen molar-refractivity contribution in [2.75, 3.05) is 11.9 Å². The van der Waals surface area contributed by atoms with Crippen molar-refractivity contribution in [2.45, 2.75) is 19.6 Å². The fourth-order valence-electron chi connectivity index (χ4n) is 2.39. The molecule has 146 valence electrons. The van der Waals surface area contributed by atoms with E-state index >= 15 is 0 Å². The molecule has 0 unspecified atom stereocenters. The summed E-state index contributed by atoms with van der Waals surface area (Å²) in [5.41, 5.74) is -0.0886. The van der Waals surface area contributed by atoms with Crippen molar-refractivity contribution >= 4 is 11.6 Å². The van der Waals surface area contributed by atoms with Crippen molar-refractivity contribution in [3.63, 3.8) is 0 Å². The lowest BCUT2D eigenvalue weighted by molar-refractivity contribution is -0.137. The van der Waals surface area contributed by atoms with Gasteiger partial charge < -0.3 is 10.1 Å². The van der Waals surface area contributed by atoms with Crippen molar-refractivity contribution in [1.82, 2.24) is 20.2 Å². The van der Waals surface area contributed by atoms with Crippen LogP contribution in [0, 0.1) is 0 Å². The summed E-state index contributed by atoms with van der Waals surface area (Å²) in [4.78, 5) is 13.1. The van der Waals surface area contributed by atoms with Gasteiger partial charge in [0.1, 0.15) is 12.3 Å². The number of hydrogen-bond acceptors (Lipinski definition) is 5. The van der Waals surface area contributed by atoms with Crippen molar-refractivity contribution < 1.29 is 22.7 Å². The maximum absolute atomic E-state index is 12.8. The summed E-state index contributed by atoms with van der Waals surface area (Å²) < 4.78 is 43.8. The first-order chi connectivity index (χ1) is 13.3. The molecule has 1 N–H and O–H groups in total. The molecule has 0 aliphatic rings. The molecular weight excluding hydrogens is 375 g/mol. The van der Waals surface area contributed by atoms with Gasteiger partial charge in [-0.15, -0.1) is 10.2 Å². The summed E-state index contributed by atoms with van der Waals surface area (Å²) in [6.07, 6.45) is -4.47. The molecule has 0 bridgehead atoms. The summed E-state index contributed by atoms with van der Waals surface area (Å²) in [6.45, 7) is 2.17. The van der Waals surface area contributed by atoms with Crippen molar-refractivity contribution in [2.24, 2.45) is 0 Å². The molecule has 28 heavy (non-hydrogen) atoms. The lowest BCUT2D eigenvalue weighted by Crippen LogP contribution is -2.20. The Balaban J connectivity index is 1.65. The largest absolute Gasteiger partial charge is 0.494 e. The number of carbonyl (C=O) groups is 1. The molecule has 1 aromatic heterocycles. The van der Waals surface area contributed by atoms with Gasteiger partial charge in [0.05, 0.1) is 12.2 Å². The summed E-state index contributed by atoms with van der Waals surface area (Å²) >= 11 is 0. The van der Waals surface area contributed by atoms with Crippen LogP contribution in [0.15, 0.2) is 48.5 Å². The Bertz CT molecular complexity index is 954. The number of benzene rings is 2. The molecule has 3 rings (SSSR count). The third-order valence-corrected chi connectivity index (χ3v) is 3.64. The highest BCUT2D eigenvalue weighted by molar-refractivity contribution is 5.90. The van der Waals surface area contributed by atoms with Crippen molar-refractivity contribution in [1.29, 1.82) is 0 Å². The number of rotatable bonds is 6. The molecule has 3 aromatic rings. The number of halogens is 3. The fourth-order valence-corrected chi connectivity index (χ4v) is 2.39. The van der Waals surface area contributed by atoms with Crippen LogP contribution in [0.5, 0.6) is 5.75 Å². The van der Waals surface area contributed by atoms with Gasteiger partial charge in [0.2, 0.25) is 11.7 Å². The van der Waals surface area contributed by atoms with E-state index in [2.05, 4.69) is 20.7 Å². The zero-order valence-electron chi connectivity index (χ0n) is 14.8. The molecule has 7 nitrogen and oxygen atoms in total. The summed E-state index contributed by atoms with van der Waals surface area (Å²) in [5.74, 6) is 0.279. The van der Waals surface area contributed by atoms with Crippen LogP contribution >= 0.6 is 0 Å². The van der Waals surface area contributed by atoms with E-state index in [9.17, 15) is 18.0 Å². The third-order valence-electron chi connectivity index (χ3n) is 3.64. The Morgan fingerprint density at radius 1 is 1.18 bits per heavy atom. The normalized spacial score (nSPS) is 11.3. The quantitative estimate of drug-likeness (QED) is 0.697. The first-order valence-corrected chi connectivity index (χ1v) is 8.33. The number of carbonyl (C=O) groups excluding carboxylic acids is 1. The van der Waals surface area contributed by atoms with E-state index in [4.69, 9.17) is 4.74 Å². The Hall–Kier alpha value is -3.43. The molecule has 0 fully saturated rings. The zero-order valence-corrected chi connectivity index (χ0v) is 14.8. The zero-order chi connectivity index (χ0) is 20.1. The Morgan fingerprint density at radius 2 is 1.93 bits per heavy atom. The Kier molecular flexibility index (Phi) is 5.57. The molecule has 0 aliphatic heterocycles. The number of anilines is 1. The number of ether oxygens (including phenoxy) is 1. The SMILES string of the molecule is CCOc1ccc(NC(=O)Cn2nnc(-c3cccc(C(F)(F)F)c3)n2)cc1. The van der Waals surface area contributed by atoms with Gasteiger partial charge in [-0.25, -0.2) is 0 Å². The first kappa shape index (κ1) is 19.3. The monoisotopic (exact) mass is 391 g/mol. The molecular formula is C18H16F3N5O2. The van der Waals surface area contributed by atoms with Crippen LogP contribution in [0.4, 0.5) is 18.9 Å². The smallest absolute Gasteiger partial charge is 0.416 e. The number of aromatic nitrogens is 4. The van der Waals surface area contributed by atoms with Gasteiger partial charge in [0, 0.05) is 11.3 Å². The highest BCUT2D eigenvalue weighted by Crippen LogP contribution is 2.31. The van der Waals surface area contributed by atoms with Crippen LogP contribution in [-0.4, -0.2) is 32.7 Å². The predicted molar refractivity (Wildman–Crippen MR) is 94.5 cm³/mol. The summed E-state index contributed by atoms with van der Waals surface area (Å²) in [7, 11) is 0. The van der Waals surface area contributed by atoms with Crippen LogP contribution in [0.1, 0.15) is 12.5 Å². The second-order valence-corrected chi connectivity index (χ2v) is 5.73. The number of nitrogens with zero attached hydrogens (tertiary/aromatic N) is 4. The number of amides is 1. The highest BCUT2D eigenvalue weighted by Gasteiger charge is 2.30. The minimum Gasteiger partial charge on any atom is -0.494 e. The molecule has 0 radical (unpaired) electrons. The van der Waals surface area contributed by atoms with E-state index in [1.807, 2.05) is 6.92 Å². The standard InChI is InChI=1S/C18H16F3N5O2/c1-2-28-15-8-6-14(7-9-15)22-16(27)11-26-24-17(23-25-26)12-4-3-5-13(10-12)18(19,20)21/h3-10H,2,11H2,1H3,(H,22,27). The Morgan fingerprint density at radius 3 is 2.61 bits per heavy atom. The van der Waals surface area contributed by atoms with Crippen molar-refractivity contribution in [3.05, 3.63) is 54.1 Å². The summed E-state index contributed by atoms with van der Waals surface area (Å²) in [6, 6.07) is 11.4. The van der Waals surface area contributed by atoms with Crippen LogP contribution in [-0.2, 0) is 17.5 Å². The van der Waals surface area contributed by atoms with E-state index in [0.29, 0.717) is 18.0 Å². The third kappa shape index (κ3) is 4.84. The second-order valence-electron chi connectivity index (χ2n) is 5.73. The van der Waals surface area contributed by atoms with Gasteiger partial charge in [-0.2, -0.15) is 18.0 Å². The maximum Gasteiger partial charge on any atom is 0.416 e. The average Bonchev–Trinajstić information content (AvgIpc) is 3.11. The van der Waals surface area contributed by atoms with E-state index in [1.165, 1.54) is 12.1 Å². The van der Waals surface area contributed by atoms with Crippen LogP contribution in [0.25, 0.3) is 11.4 Å². The average molecular weight is 391 g/mol. The maximum atomic E-state index is 12.8. The van der Waals surface area contributed by atoms with E-state index in [0.717, 1.165) is 16.9 Å². The first-order valence-electron chi connectivity index (χ1n) is 8.33. The van der Waals surface area contributed by atoms with Crippen LogP contribution in [0.3, 0.4) is 0 Å². The van der Waals surface area contributed by atoms with Gasteiger partial charge >= 0.3 is 6.18 Å². The number of alkyl halides is 3. The van der Waals surface area contributed by atoms with Gasteiger partial charge in [0.15, 0.2) is 0 Å². The van der Waals surface area contributed by atoms with Gasteiger partial charge in [0.25, 0.3) is 0 Å². The minimum absolute atomic E-state index is 0.0000303. The van der Waals surface area contributed by atoms with Crippen LogP contribution < -0.4 is 10.1 Å². The highest BCUT2D eigenvalue weighted by atomic mass is 19.4. The molecule has 1 amide bonds. The molecule has 1 heterocycles. The number of nitrogens with one attached hydrogen (secondary N) is 1. The molecule has 0 saturated heterocycles. The molecule has 0 aliphatic carbocycles. The minimum atomic E-state index is -4.47. The lowest BCUT2D eigenvalue weighted by atomic mass is 10.1. The lowest BCUT2D eigenvalue weighted by Gasteiger charge is -2.07. The predicted octanol–water partition coefficient (Wildman–Crippen LogP) is 3.40. The number of hydrogen-bond donors (Lipinski definition) is 1. The molecule has 0 spiro atoms. The van der Waals surface area contributed by atoms with E-state index in [-0.39, 0.29) is 17.9 Å². The van der Waals surface area contributed by atoms with E-state index in [1.54, 1.807) is 24.3 Å². The topological polar surface area (TPSA) is 81.9 Å². The number of tetrazole rings is 1. The summed E-state index contributed by atoms with van der Waals surface area (Å²) in [5, 5.41) is 14.1. The fraction of sp³-hybridized carbons (Fsp3) is 0.222. The molecule has 0 saturated carbocycles. The van der Waals surface area contributed by atoms with Crippen molar-refractivity contribution in [3.8, 4) is 17.1 Å². The van der Waals surface area contributed by atoms with Gasteiger partial charge in [-0.3, -0.25) is 4.79 Å². The molecule has 0 atom stereocenters. The van der Waals surface area contributed by atoms with Gasteiger partial charge in [-0.1, -0.05) is 12.1 Å². The molecule has 10 heteroatoms.